The molecule has 1 fully saturated rings. The first-order chi connectivity index (χ1) is 7.46. The summed E-state index contributed by atoms with van der Waals surface area (Å²) in [6, 6.07) is 0. The van der Waals surface area contributed by atoms with Crippen LogP contribution < -0.4 is 0 Å². The molecule has 0 aromatic rings. The summed E-state index contributed by atoms with van der Waals surface area (Å²) in [5.41, 5.74) is 1.45. The normalized spacial score (nSPS) is 30.2. The molecule has 0 aromatic carbocycles. The molecule has 1 heterocycles. The lowest BCUT2D eigenvalue weighted by molar-refractivity contribution is 0.120. The fourth-order valence-corrected chi connectivity index (χ4v) is 3.39. The molecule has 2 rings (SSSR count). The van der Waals surface area contributed by atoms with Gasteiger partial charge in [0, 0.05) is 11.5 Å². The average Bonchev–Trinajstić information content (AvgIpc) is 2.13. The number of allylic oxidation sites excluding steroid dienone is 2. The van der Waals surface area contributed by atoms with Crippen molar-refractivity contribution in [2.45, 2.75) is 51.9 Å². The lowest BCUT2D eigenvalue weighted by Gasteiger charge is -2.38. The first-order valence-corrected chi connectivity index (χ1v) is 6.93. The molecule has 1 aliphatic heterocycles. The molecule has 90 valence electrons. The molecule has 1 nitrogen and oxygen atoms in total. The van der Waals surface area contributed by atoms with E-state index < -0.39 is 0 Å². The first kappa shape index (κ1) is 12.5. The summed E-state index contributed by atoms with van der Waals surface area (Å²) in [4.78, 5) is 0. The van der Waals surface area contributed by atoms with Crippen molar-refractivity contribution < 1.29 is 4.65 Å². The summed E-state index contributed by atoms with van der Waals surface area (Å²) in [5, 5.41) is 0. The summed E-state index contributed by atoms with van der Waals surface area (Å²) < 4.78 is 6.12. The van der Waals surface area contributed by atoms with Gasteiger partial charge in [0.25, 0.3) is 6.92 Å². The number of halogens is 1. The molecule has 1 aliphatic carbocycles. The maximum atomic E-state index is 6.12. The lowest BCUT2D eigenvalue weighted by Crippen LogP contribution is -2.38. The van der Waals surface area contributed by atoms with Crippen molar-refractivity contribution in [3.63, 3.8) is 0 Å². The van der Waals surface area contributed by atoms with E-state index in [0.717, 1.165) is 11.8 Å². The van der Waals surface area contributed by atoms with Gasteiger partial charge >= 0.3 is 0 Å². The van der Waals surface area contributed by atoms with Crippen LogP contribution in [-0.2, 0) is 4.65 Å². The summed E-state index contributed by atoms with van der Waals surface area (Å²) in [7, 11) is 0. The van der Waals surface area contributed by atoms with Gasteiger partial charge in [-0.15, -0.1) is 11.6 Å². The monoisotopic (exact) mass is 240 g/mol. The standard InChI is InChI=1S/C13H22BClO/c1-13(2,3)16-14-7-10-4-11(8-14)6-12(5-10)9-15/h5,10-11H,4,6-9H2,1-3H3. The van der Waals surface area contributed by atoms with E-state index in [1.54, 1.807) is 0 Å². The van der Waals surface area contributed by atoms with E-state index in [2.05, 4.69) is 26.8 Å². The highest BCUT2D eigenvalue weighted by molar-refractivity contribution is 6.52. The Kier molecular flexibility index (Phi) is 3.70. The number of fused-ring (bicyclic) bond motifs is 2. The Morgan fingerprint density at radius 2 is 2.19 bits per heavy atom. The molecule has 0 N–H and O–H groups in total. The molecule has 2 aliphatic rings. The second kappa shape index (κ2) is 4.74. The number of hydrogen-bond donors (Lipinski definition) is 0. The van der Waals surface area contributed by atoms with E-state index in [1.165, 1.54) is 31.1 Å². The maximum absolute atomic E-state index is 6.12. The van der Waals surface area contributed by atoms with Crippen LogP contribution in [0.1, 0.15) is 33.6 Å². The molecule has 3 heteroatoms. The van der Waals surface area contributed by atoms with Gasteiger partial charge in [0.1, 0.15) is 0 Å². The quantitative estimate of drug-likeness (QED) is 0.403. The third kappa shape index (κ3) is 3.27. The van der Waals surface area contributed by atoms with Crippen LogP contribution in [-0.4, -0.2) is 18.4 Å². The van der Waals surface area contributed by atoms with Crippen LogP contribution in [0.15, 0.2) is 11.6 Å². The van der Waals surface area contributed by atoms with Gasteiger partial charge in [-0.1, -0.05) is 11.6 Å². The van der Waals surface area contributed by atoms with Gasteiger partial charge in [-0.2, -0.15) is 0 Å². The van der Waals surface area contributed by atoms with Gasteiger partial charge in [0.2, 0.25) is 0 Å². The Morgan fingerprint density at radius 1 is 1.44 bits per heavy atom. The molecule has 2 bridgehead atoms. The molecular weight excluding hydrogens is 218 g/mol. The van der Waals surface area contributed by atoms with Crippen molar-refractivity contribution in [1.82, 2.24) is 0 Å². The minimum atomic E-state index is -0.00463. The third-order valence-corrected chi connectivity index (χ3v) is 3.86. The van der Waals surface area contributed by atoms with Crippen LogP contribution in [0.3, 0.4) is 0 Å². The lowest BCUT2D eigenvalue weighted by atomic mass is 9.47. The van der Waals surface area contributed by atoms with Crippen molar-refractivity contribution in [2.24, 2.45) is 11.8 Å². The number of rotatable bonds is 2. The van der Waals surface area contributed by atoms with Crippen LogP contribution in [0.25, 0.3) is 0 Å². The van der Waals surface area contributed by atoms with E-state index >= 15 is 0 Å². The fourth-order valence-electron chi connectivity index (χ4n) is 3.20. The highest BCUT2D eigenvalue weighted by atomic mass is 35.5. The maximum Gasteiger partial charge on any atom is 0.294 e. The van der Waals surface area contributed by atoms with Gasteiger partial charge in [0.05, 0.1) is 0 Å². The molecule has 0 radical (unpaired) electrons. The highest BCUT2D eigenvalue weighted by Crippen LogP contribution is 2.40. The summed E-state index contributed by atoms with van der Waals surface area (Å²) >= 11 is 5.94. The first-order valence-electron chi connectivity index (χ1n) is 6.39. The van der Waals surface area contributed by atoms with Crippen LogP contribution in [0.5, 0.6) is 0 Å². The van der Waals surface area contributed by atoms with Gasteiger partial charge in [-0.05, 0) is 58.1 Å². The van der Waals surface area contributed by atoms with Gasteiger partial charge in [-0.3, -0.25) is 0 Å². The van der Waals surface area contributed by atoms with Crippen LogP contribution in [0.4, 0.5) is 0 Å². The third-order valence-electron chi connectivity index (χ3n) is 3.51. The zero-order valence-electron chi connectivity index (χ0n) is 10.6. The summed E-state index contributed by atoms with van der Waals surface area (Å²) in [6.45, 7) is 6.91. The molecule has 0 amide bonds. The second-order valence-corrected chi connectivity index (χ2v) is 6.62. The zero-order valence-corrected chi connectivity index (χ0v) is 11.4. The Bertz CT molecular complexity index is 282. The molecule has 2 unspecified atom stereocenters. The van der Waals surface area contributed by atoms with Crippen LogP contribution >= 0.6 is 11.6 Å². The predicted octanol–water partition coefficient (Wildman–Crippen LogP) is 4.00. The number of hydrogen-bond acceptors (Lipinski definition) is 1. The molecule has 0 spiro atoms. The molecule has 0 aromatic heterocycles. The largest absolute Gasteiger partial charge is 0.431 e. The van der Waals surface area contributed by atoms with Gasteiger partial charge < -0.3 is 4.65 Å². The van der Waals surface area contributed by atoms with Crippen LogP contribution in [0, 0.1) is 11.8 Å². The van der Waals surface area contributed by atoms with Crippen molar-refractivity contribution in [2.75, 3.05) is 5.88 Å². The van der Waals surface area contributed by atoms with E-state index in [-0.39, 0.29) is 5.60 Å². The molecule has 16 heavy (non-hydrogen) atoms. The van der Waals surface area contributed by atoms with E-state index in [4.69, 9.17) is 16.3 Å². The molecule has 2 atom stereocenters. The average molecular weight is 241 g/mol. The van der Waals surface area contributed by atoms with Crippen molar-refractivity contribution in [3.05, 3.63) is 11.6 Å². The summed E-state index contributed by atoms with van der Waals surface area (Å²) in [5.74, 6) is 2.25. The Labute approximate surface area is 105 Å². The Balaban J connectivity index is 1.98. The Morgan fingerprint density at radius 3 is 2.75 bits per heavy atom. The van der Waals surface area contributed by atoms with E-state index in [9.17, 15) is 0 Å². The zero-order chi connectivity index (χ0) is 11.8. The number of alkyl halides is 1. The van der Waals surface area contributed by atoms with Crippen molar-refractivity contribution >= 4 is 18.5 Å². The van der Waals surface area contributed by atoms with E-state index in [1.807, 2.05) is 0 Å². The molecular formula is C13H22BClO. The van der Waals surface area contributed by atoms with Gasteiger partial charge in [-0.25, -0.2) is 0 Å². The predicted molar refractivity (Wildman–Crippen MR) is 71.2 cm³/mol. The topological polar surface area (TPSA) is 9.23 Å². The van der Waals surface area contributed by atoms with Gasteiger partial charge in [0.15, 0.2) is 0 Å². The second-order valence-electron chi connectivity index (χ2n) is 6.35. The minimum absolute atomic E-state index is 0.00463. The molecule has 0 saturated carbocycles. The Hall–Kier alpha value is 0.0549. The van der Waals surface area contributed by atoms with Crippen molar-refractivity contribution in [3.8, 4) is 0 Å². The SMILES string of the molecule is CC(C)(C)OB1CC2C=C(CCl)CC(C1)C2. The minimum Gasteiger partial charge on any atom is -0.431 e. The molecule has 1 saturated heterocycles. The fraction of sp³-hybridized carbons (Fsp3) is 0.846. The summed E-state index contributed by atoms with van der Waals surface area (Å²) in [6.07, 6.45) is 7.37. The van der Waals surface area contributed by atoms with E-state index in [0.29, 0.717) is 12.8 Å². The highest BCUT2D eigenvalue weighted by Gasteiger charge is 2.36. The van der Waals surface area contributed by atoms with Crippen LogP contribution in [0.2, 0.25) is 12.6 Å². The van der Waals surface area contributed by atoms with Crippen molar-refractivity contribution in [1.29, 1.82) is 0 Å². The smallest absolute Gasteiger partial charge is 0.294 e.